The summed E-state index contributed by atoms with van der Waals surface area (Å²) >= 11 is 0. The van der Waals surface area contributed by atoms with E-state index in [0.29, 0.717) is 0 Å². The maximum Gasteiger partial charge on any atom is 0.342 e. The lowest BCUT2D eigenvalue weighted by Crippen LogP contribution is -2.22. The second-order valence-corrected chi connectivity index (χ2v) is 4.00. The van der Waals surface area contributed by atoms with Crippen LogP contribution in [0, 0.1) is 0 Å². The van der Waals surface area contributed by atoms with Crippen molar-refractivity contribution in [1.29, 1.82) is 0 Å². The third-order valence-corrected chi connectivity index (χ3v) is 2.24. The fourth-order valence-corrected chi connectivity index (χ4v) is 0.924. The van der Waals surface area contributed by atoms with Gasteiger partial charge in [0, 0.05) is 6.42 Å². The summed E-state index contributed by atoms with van der Waals surface area (Å²) in [6.07, 6.45) is -0.189. The SMILES string of the molecule is NC(=O)CCC(N)P(=O)(O)O. The molecule has 66 valence electrons. The normalized spacial score (nSPS) is 14.5. The molecule has 0 radical (unpaired) electrons. The van der Waals surface area contributed by atoms with Gasteiger partial charge in [-0.1, -0.05) is 0 Å². The number of hydrogen-bond donors (Lipinski definition) is 4. The van der Waals surface area contributed by atoms with Gasteiger partial charge in [0.25, 0.3) is 0 Å². The Morgan fingerprint density at radius 1 is 1.55 bits per heavy atom. The molecule has 0 aromatic rings. The average Bonchev–Trinajstić information content (AvgIpc) is 1.80. The lowest BCUT2D eigenvalue weighted by molar-refractivity contribution is -0.118. The van der Waals surface area contributed by atoms with E-state index in [1.807, 2.05) is 0 Å². The van der Waals surface area contributed by atoms with Gasteiger partial charge in [-0.3, -0.25) is 9.36 Å². The molecule has 0 rings (SSSR count). The molecule has 0 spiro atoms. The monoisotopic (exact) mass is 182 g/mol. The summed E-state index contributed by atoms with van der Waals surface area (Å²) in [5.74, 6) is -1.90. The van der Waals surface area contributed by atoms with Gasteiger partial charge in [-0.05, 0) is 6.42 Å². The molecule has 0 saturated carbocycles. The molecule has 0 aromatic carbocycles. The average molecular weight is 182 g/mol. The first-order chi connectivity index (χ1) is 4.84. The molecule has 0 bridgehead atoms. The lowest BCUT2D eigenvalue weighted by Gasteiger charge is -2.11. The van der Waals surface area contributed by atoms with Crippen LogP contribution in [0.3, 0.4) is 0 Å². The predicted octanol–water partition coefficient (Wildman–Crippen LogP) is -1.29. The Kier molecular flexibility index (Phi) is 3.68. The highest BCUT2D eigenvalue weighted by Crippen LogP contribution is 2.39. The third kappa shape index (κ3) is 4.92. The predicted molar refractivity (Wildman–Crippen MR) is 38.4 cm³/mol. The molecule has 7 heteroatoms. The second-order valence-electron chi connectivity index (χ2n) is 2.16. The molecule has 11 heavy (non-hydrogen) atoms. The van der Waals surface area contributed by atoms with Gasteiger partial charge in [-0.15, -0.1) is 0 Å². The zero-order valence-corrected chi connectivity index (χ0v) is 6.70. The molecule has 1 amide bonds. The Morgan fingerprint density at radius 2 is 2.00 bits per heavy atom. The smallest absolute Gasteiger partial charge is 0.342 e. The fourth-order valence-electron chi connectivity index (χ4n) is 0.458. The van der Waals surface area contributed by atoms with Crippen LogP contribution >= 0.6 is 7.60 Å². The van der Waals surface area contributed by atoms with Crippen LogP contribution in [0.15, 0.2) is 0 Å². The molecule has 0 fully saturated rings. The Morgan fingerprint density at radius 3 is 2.27 bits per heavy atom. The van der Waals surface area contributed by atoms with Crippen LogP contribution in [-0.4, -0.2) is 21.5 Å². The molecule has 6 nitrogen and oxygen atoms in total. The van der Waals surface area contributed by atoms with E-state index in [9.17, 15) is 9.36 Å². The van der Waals surface area contributed by atoms with Crippen molar-refractivity contribution in [3.63, 3.8) is 0 Å². The van der Waals surface area contributed by atoms with Gasteiger partial charge in [0.15, 0.2) is 0 Å². The van der Waals surface area contributed by atoms with Crippen LogP contribution in [0.25, 0.3) is 0 Å². The summed E-state index contributed by atoms with van der Waals surface area (Å²) in [7, 11) is -4.24. The van der Waals surface area contributed by atoms with Crippen LogP contribution in [-0.2, 0) is 9.36 Å². The largest absolute Gasteiger partial charge is 0.370 e. The number of nitrogens with two attached hydrogens (primary N) is 2. The van der Waals surface area contributed by atoms with Gasteiger partial charge >= 0.3 is 7.60 Å². The maximum atomic E-state index is 10.4. The van der Waals surface area contributed by atoms with Gasteiger partial charge < -0.3 is 21.3 Å². The van der Waals surface area contributed by atoms with Gasteiger partial charge in [-0.2, -0.15) is 0 Å². The molecule has 1 atom stereocenters. The van der Waals surface area contributed by atoms with Gasteiger partial charge in [-0.25, -0.2) is 0 Å². The van der Waals surface area contributed by atoms with Crippen molar-refractivity contribution in [3.8, 4) is 0 Å². The number of hydrogen-bond acceptors (Lipinski definition) is 3. The molecule has 0 heterocycles. The van der Waals surface area contributed by atoms with E-state index in [2.05, 4.69) is 0 Å². The molecule has 6 N–H and O–H groups in total. The first-order valence-corrected chi connectivity index (χ1v) is 4.61. The molecule has 0 saturated heterocycles. The standard InChI is InChI=1S/C4H11N2O4P/c5-3(7)1-2-4(6)11(8,9)10/h4H,1-2,6H2,(H2,5,7)(H2,8,9,10). The lowest BCUT2D eigenvalue weighted by atomic mass is 10.3. The molecular formula is C4H11N2O4P. The second kappa shape index (κ2) is 3.82. The Bertz CT molecular complexity index is 189. The van der Waals surface area contributed by atoms with Crippen molar-refractivity contribution < 1.29 is 19.1 Å². The number of carbonyl (C=O) groups is 1. The summed E-state index contributed by atoms with van der Waals surface area (Å²) in [6.45, 7) is 0. The highest BCUT2D eigenvalue weighted by Gasteiger charge is 2.24. The first-order valence-electron chi connectivity index (χ1n) is 2.93. The maximum absolute atomic E-state index is 10.4. The van der Waals surface area contributed by atoms with Crippen molar-refractivity contribution in [2.45, 2.75) is 18.6 Å². The topological polar surface area (TPSA) is 127 Å². The summed E-state index contributed by atoms with van der Waals surface area (Å²) in [6, 6.07) is 0. The molecule has 0 aliphatic heterocycles. The van der Waals surface area contributed by atoms with Crippen molar-refractivity contribution in [3.05, 3.63) is 0 Å². The Balaban J connectivity index is 3.80. The summed E-state index contributed by atoms with van der Waals surface area (Å²) in [5.41, 5.74) is 9.76. The molecule has 0 aliphatic rings. The van der Waals surface area contributed by atoms with Crippen LogP contribution < -0.4 is 11.5 Å². The van der Waals surface area contributed by atoms with E-state index in [1.54, 1.807) is 0 Å². The van der Waals surface area contributed by atoms with Crippen LogP contribution in [0.5, 0.6) is 0 Å². The van der Waals surface area contributed by atoms with E-state index < -0.39 is 19.3 Å². The molecule has 1 unspecified atom stereocenters. The van der Waals surface area contributed by atoms with Gasteiger partial charge in [0.2, 0.25) is 5.91 Å². The zero-order valence-electron chi connectivity index (χ0n) is 5.80. The number of amides is 1. The van der Waals surface area contributed by atoms with E-state index >= 15 is 0 Å². The molecule has 0 aliphatic carbocycles. The van der Waals surface area contributed by atoms with Crippen LogP contribution in [0.1, 0.15) is 12.8 Å². The highest BCUT2D eigenvalue weighted by atomic mass is 31.2. The van der Waals surface area contributed by atoms with E-state index in [0.717, 1.165) is 0 Å². The van der Waals surface area contributed by atoms with Crippen molar-refractivity contribution >= 4 is 13.5 Å². The van der Waals surface area contributed by atoms with Gasteiger partial charge in [0.1, 0.15) is 5.78 Å². The quantitative estimate of drug-likeness (QED) is 0.402. The van der Waals surface area contributed by atoms with E-state index in [4.69, 9.17) is 21.3 Å². The minimum Gasteiger partial charge on any atom is -0.370 e. The van der Waals surface area contributed by atoms with E-state index in [1.165, 1.54) is 0 Å². The Labute approximate surface area is 63.7 Å². The number of rotatable bonds is 4. The van der Waals surface area contributed by atoms with Crippen molar-refractivity contribution in [1.82, 2.24) is 0 Å². The van der Waals surface area contributed by atoms with Crippen molar-refractivity contribution in [2.24, 2.45) is 11.5 Å². The minimum absolute atomic E-state index is 0.0837. The third-order valence-electron chi connectivity index (χ3n) is 1.12. The molecule has 0 aromatic heterocycles. The summed E-state index contributed by atoms with van der Waals surface area (Å²) in [5, 5.41) is 0. The fraction of sp³-hybridized carbons (Fsp3) is 0.750. The van der Waals surface area contributed by atoms with E-state index in [-0.39, 0.29) is 12.8 Å². The first kappa shape index (κ1) is 10.6. The van der Waals surface area contributed by atoms with Crippen molar-refractivity contribution in [2.75, 3.05) is 0 Å². The number of primary amides is 1. The molecular weight excluding hydrogens is 171 g/mol. The Hall–Kier alpha value is -0.420. The van der Waals surface area contributed by atoms with Crippen LogP contribution in [0.2, 0.25) is 0 Å². The zero-order chi connectivity index (χ0) is 9.07. The highest BCUT2D eigenvalue weighted by molar-refractivity contribution is 7.52. The summed E-state index contributed by atoms with van der Waals surface area (Å²) < 4.78 is 10.4. The minimum atomic E-state index is -4.24. The van der Waals surface area contributed by atoms with Crippen LogP contribution in [0.4, 0.5) is 0 Å². The summed E-state index contributed by atoms with van der Waals surface area (Å²) in [4.78, 5) is 27.0. The number of carbonyl (C=O) groups excluding carboxylic acids is 1. The van der Waals surface area contributed by atoms with Gasteiger partial charge in [0.05, 0.1) is 0 Å².